The largest absolute Gasteiger partial charge is 0.495 e. The zero-order chi connectivity index (χ0) is 32.0. The van der Waals surface area contributed by atoms with E-state index in [4.69, 9.17) is 31.2 Å². The lowest BCUT2D eigenvalue weighted by molar-refractivity contribution is -0.129. The van der Waals surface area contributed by atoms with Gasteiger partial charge in [-0.3, -0.25) is 9.59 Å². The minimum atomic E-state index is -4.17. The number of methoxy groups -OCH3 is 2. The predicted octanol–water partition coefficient (Wildman–Crippen LogP) is 3.81. The molecule has 3 aromatic rings. The third-order valence-electron chi connectivity index (χ3n) is 7.27. The number of amides is 2. The van der Waals surface area contributed by atoms with Crippen LogP contribution >= 0.6 is 11.6 Å². The molecule has 0 bridgehead atoms. The van der Waals surface area contributed by atoms with E-state index in [1.807, 2.05) is 44.2 Å². The number of nitrogens with zero attached hydrogens (tertiary/aromatic N) is 4. The summed E-state index contributed by atoms with van der Waals surface area (Å²) < 4.78 is 41.9. The van der Waals surface area contributed by atoms with Crippen molar-refractivity contribution in [2.45, 2.75) is 63.6 Å². The molecule has 2 aromatic carbocycles. The molecule has 0 saturated heterocycles. The molecule has 12 nitrogen and oxygen atoms in total. The lowest BCUT2D eigenvalue weighted by atomic mass is 10.0. The summed E-state index contributed by atoms with van der Waals surface area (Å²) in [6, 6.07) is 10.8. The molecule has 1 aromatic heterocycles. The van der Waals surface area contributed by atoms with Crippen LogP contribution in [0.5, 0.6) is 11.5 Å². The standard InChI is InChI=1S/C30H39ClN6O6S/c1-19(2)16-23-30(39)32-20(3)29-34-28(21-10-7-6-8-11-21)35-37(29)15-14-36(13-9-12-27(38)33-23)44(40,41)26-18-24(42-4)22(31)17-25(26)43-5/h6-8,10-11,17-20,23H,9,12-16H2,1-5H3,(H,32,39)(H,33,38)/t20-,23-/m1/s1. The van der Waals surface area contributed by atoms with Crippen LogP contribution in [0.3, 0.4) is 0 Å². The van der Waals surface area contributed by atoms with Gasteiger partial charge in [-0.05, 0) is 25.7 Å². The van der Waals surface area contributed by atoms with Crippen molar-refractivity contribution in [2.75, 3.05) is 27.3 Å². The smallest absolute Gasteiger partial charge is 0.246 e. The second-order valence-electron chi connectivity index (χ2n) is 11.0. The van der Waals surface area contributed by atoms with E-state index in [9.17, 15) is 18.0 Å². The van der Waals surface area contributed by atoms with Crippen molar-refractivity contribution in [3.8, 4) is 22.9 Å². The quantitative estimate of drug-likeness (QED) is 0.394. The van der Waals surface area contributed by atoms with Crippen LogP contribution in [0.15, 0.2) is 47.4 Å². The summed E-state index contributed by atoms with van der Waals surface area (Å²) in [5, 5.41) is 10.7. The summed E-state index contributed by atoms with van der Waals surface area (Å²) in [5.74, 6) is 0.616. The van der Waals surface area contributed by atoms with Crippen LogP contribution in [-0.2, 0) is 26.2 Å². The average molecular weight is 647 g/mol. The van der Waals surface area contributed by atoms with Gasteiger partial charge in [-0.2, -0.15) is 9.40 Å². The van der Waals surface area contributed by atoms with E-state index < -0.39 is 22.1 Å². The maximum Gasteiger partial charge on any atom is 0.246 e. The van der Waals surface area contributed by atoms with E-state index in [0.717, 1.165) is 5.56 Å². The Morgan fingerprint density at radius 1 is 1.02 bits per heavy atom. The third kappa shape index (κ3) is 7.69. The number of sulfonamides is 1. The van der Waals surface area contributed by atoms with E-state index in [1.165, 1.54) is 30.7 Å². The fraction of sp³-hybridized carbons (Fsp3) is 0.467. The van der Waals surface area contributed by atoms with Crippen LogP contribution < -0.4 is 20.1 Å². The van der Waals surface area contributed by atoms with Crippen molar-refractivity contribution in [1.82, 2.24) is 29.7 Å². The number of benzene rings is 2. The molecule has 1 aliphatic heterocycles. The van der Waals surface area contributed by atoms with Crippen molar-refractivity contribution in [3.63, 3.8) is 0 Å². The van der Waals surface area contributed by atoms with Gasteiger partial charge in [0.25, 0.3) is 0 Å². The molecule has 0 unspecified atom stereocenters. The number of aromatic nitrogens is 3. The fourth-order valence-electron chi connectivity index (χ4n) is 5.04. The summed E-state index contributed by atoms with van der Waals surface area (Å²) >= 11 is 6.25. The van der Waals surface area contributed by atoms with Gasteiger partial charge in [-0.15, -0.1) is 0 Å². The summed E-state index contributed by atoms with van der Waals surface area (Å²) in [6.45, 7) is 5.88. The van der Waals surface area contributed by atoms with E-state index in [-0.39, 0.29) is 71.6 Å². The molecular formula is C30H39ClN6O6S. The summed E-state index contributed by atoms with van der Waals surface area (Å²) in [6.07, 6.45) is 0.673. The molecule has 0 fully saturated rings. The van der Waals surface area contributed by atoms with Gasteiger partial charge in [0, 0.05) is 37.2 Å². The lowest BCUT2D eigenvalue weighted by Crippen LogP contribution is -2.48. The SMILES string of the molecule is COc1cc(S(=O)(=O)N2CCCC(=O)N[C@H](CC(C)C)C(=O)N[C@H](C)c3nc(-c4ccccc4)nn3CC2)c(OC)cc1Cl. The van der Waals surface area contributed by atoms with Gasteiger partial charge < -0.3 is 20.1 Å². The Morgan fingerprint density at radius 3 is 2.39 bits per heavy atom. The highest BCUT2D eigenvalue weighted by Gasteiger charge is 2.31. The minimum Gasteiger partial charge on any atom is -0.495 e. The van der Waals surface area contributed by atoms with Crippen LogP contribution in [0.4, 0.5) is 0 Å². The molecule has 0 saturated carbocycles. The van der Waals surface area contributed by atoms with Gasteiger partial charge in [0.15, 0.2) is 5.82 Å². The number of carbonyl (C=O) groups is 2. The van der Waals surface area contributed by atoms with Crippen LogP contribution in [0.2, 0.25) is 5.02 Å². The topological polar surface area (TPSA) is 145 Å². The predicted molar refractivity (Wildman–Crippen MR) is 166 cm³/mol. The maximum atomic E-state index is 14.1. The molecule has 2 amide bonds. The number of rotatable bonds is 7. The van der Waals surface area contributed by atoms with E-state index >= 15 is 0 Å². The number of ether oxygens (including phenoxy) is 2. The molecule has 2 N–H and O–H groups in total. The van der Waals surface area contributed by atoms with Crippen LogP contribution in [0, 0.1) is 5.92 Å². The molecule has 238 valence electrons. The summed E-state index contributed by atoms with van der Waals surface area (Å²) in [7, 11) is -1.41. The zero-order valence-electron chi connectivity index (χ0n) is 25.5. The first-order valence-corrected chi connectivity index (χ1v) is 16.3. The summed E-state index contributed by atoms with van der Waals surface area (Å²) in [4.78, 5) is 30.9. The third-order valence-corrected chi connectivity index (χ3v) is 9.48. The summed E-state index contributed by atoms with van der Waals surface area (Å²) in [5.41, 5.74) is 0.774. The van der Waals surface area contributed by atoms with Gasteiger partial charge >= 0.3 is 0 Å². The van der Waals surface area contributed by atoms with Gasteiger partial charge in [0.05, 0.1) is 31.8 Å². The fourth-order valence-corrected chi connectivity index (χ4v) is 6.90. The van der Waals surface area contributed by atoms with Gasteiger partial charge in [0.1, 0.15) is 28.3 Å². The van der Waals surface area contributed by atoms with E-state index in [2.05, 4.69) is 10.6 Å². The Kier molecular flexibility index (Phi) is 10.9. The van der Waals surface area contributed by atoms with Crippen molar-refractivity contribution in [1.29, 1.82) is 0 Å². The van der Waals surface area contributed by atoms with Gasteiger partial charge in [-0.1, -0.05) is 55.8 Å². The Morgan fingerprint density at radius 2 is 1.73 bits per heavy atom. The second-order valence-corrected chi connectivity index (χ2v) is 13.3. The van der Waals surface area contributed by atoms with Crippen LogP contribution in [0.25, 0.3) is 11.4 Å². The Balaban J connectivity index is 1.77. The lowest BCUT2D eigenvalue weighted by Gasteiger charge is -2.26. The molecule has 44 heavy (non-hydrogen) atoms. The van der Waals surface area contributed by atoms with E-state index in [0.29, 0.717) is 18.1 Å². The van der Waals surface area contributed by atoms with Crippen molar-refractivity contribution >= 4 is 33.4 Å². The minimum absolute atomic E-state index is 0.000715. The van der Waals surface area contributed by atoms with Crippen molar-refractivity contribution < 1.29 is 27.5 Å². The first-order valence-electron chi connectivity index (χ1n) is 14.5. The van der Waals surface area contributed by atoms with Gasteiger partial charge in [-0.25, -0.2) is 18.1 Å². The van der Waals surface area contributed by atoms with E-state index in [1.54, 1.807) is 11.6 Å². The highest BCUT2D eigenvalue weighted by atomic mass is 35.5. The number of hydrogen-bond donors (Lipinski definition) is 2. The molecule has 2 atom stereocenters. The molecule has 1 aliphatic rings. The first-order chi connectivity index (χ1) is 20.9. The molecule has 14 heteroatoms. The maximum absolute atomic E-state index is 14.1. The van der Waals surface area contributed by atoms with Crippen molar-refractivity contribution in [2.24, 2.45) is 5.92 Å². The highest BCUT2D eigenvalue weighted by Crippen LogP contribution is 2.36. The van der Waals surface area contributed by atoms with Crippen LogP contribution in [0.1, 0.15) is 51.9 Å². The van der Waals surface area contributed by atoms with Crippen molar-refractivity contribution in [3.05, 3.63) is 53.3 Å². The number of halogens is 1. The Hall–Kier alpha value is -3.68. The number of carbonyl (C=O) groups excluding carboxylic acids is 2. The molecule has 0 aliphatic carbocycles. The molecule has 2 heterocycles. The zero-order valence-corrected chi connectivity index (χ0v) is 27.1. The first kappa shape index (κ1) is 33.2. The monoisotopic (exact) mass is 646 g/mol. The Bertz CT molecular complexity index is 1580. The number of nitrogens with one attached hydrogen (secondary N) is 2. The van der Waals surface area contributed by atoms with Gasteiger partial charge in [0.2, 0.25) is 21.8 Å². The molecule has 4 rings (SSSR count). The van der Waals surface area contributed by atoms with Crippen LogP contribution in [-0.4, -0.2) is 72.7 Å². The highest BCUT2D eigenvalue weighted by molar-refractivity contribution is 7.89. The normalized spacial score (nSPS) is 19.1. The molecule has 0 spiro atoms. The molecule has 0 radical (unpaired) electrons. The number of fused-ring (bicyclic) bond motifs is 1. The Labute approximate surface area is 263 Å². The second kappa shape index (κ2) is 14.4. The molecular weight excluding hydrogens is 608 g/mol. The number of hydrogen-bond acceptors (Lipinski definition) is 8. The average Bonchev–Trinajstić information content (AvgIpc) is 3.42.